The van der Waals surface area contributed by atoms with Crippen LogP contribution in [0.15, 0.2) is 0 Å². The molecule has 6 atom stereocenters. The van der Waals surface area contributed by atoms with Gasteiger partial charge in [0.25, 0.3) is 5.79 Å². The average molecular weight is 332 g/mol. The van der Waals surface area contributed by atoms with Crippen molar-refractivity contribution in [2.24, 2.45) is 0 Å². The van der Waals surface area contributed by atoms with Gasteiger partial charge in [0.05, 0.1) is 18.8 Å². The summed E-state index contributed by atoms with van der Waals surface area (Å²) in [5.41, 5.74) is 0. The van der Waals surface area contributed by atoms with Gasteiger partial charge in [0.15, 0.2) is 0 Å². The predicted molar refractivity (Wildman–Crippen MR) is 70.5 cm³/mol. The molecule has 1 radical (unpaired) electrons. The fraction of sp³-hybridized carbons (Fsp3) is 0.818. The predicted octanol–water partition coefficient (Wildman–Crippen LogP) is -4.25. The number of aliphatic hydroxyl groups excluding tert-OH is 4. The number of aliphatic carboxylic acids is 1. The molecule has 1 saturated heterocycles. The van der Waals surface area contributed by atoms with Crippen LogP contribution in [0.5, 0.6) is 0 Å². The smallest absolute Gasteiger partial charge is 0.364 e. The number of amides is 1. The zero-order chi connectivity index (χ0) is 16.4. The molecule has 1 aliphatic rings. The molecule has 0 aromatic carbocycles. The Morgan fingerprint density at radius 1 is 1.41 bits per heavy atom. The third-order valence-corrected chi connectivity index (χ3v) is 3.21. The van der Waals surface area contributed by atoms with E-state index in [1.165, 1.54) is 0 Å². The number of aliphatic hydroxyl groups is 5. The van der Waals surface area contributed by atoms with Crippen molar-refractivity contribution in [3.05, 3.63) is 0 Å². The fourth-order valence-electron chi connectivity index (χ4n) is 2.14. The second kappa shape index (κ2) is 8.52. The van der Waals surface area contributed by atoms with Crippen LogP contribution in [-0.4, -0.2) is 115 Å². The summed E-state index contributed by atoms with van der Waals surface area (Å²) >= 11 is 0. The molecule has 7 N–H and O–H groups in total. The van der Waals surface area contributed by atoms with E-state index < -0.39 is 61.1 Å². The minimum absolute atomic E-state index is 0. The number of hydrogen-bond acceptors (Lipinski definition) is 8. The second-order valence-corrected chi connectivity index (χ2v) is 4.91. The molecule has 1 heterocycles. The van der Waals surface area contributed by atoms with Crippen molar-refractivity contribution in [2.75, 3.05) is 6.61 Å². The van der Waals surface area contributed by atoms with Gasteiger partial charge in [-0.3, -0.25) is 4.79 Å². The number of carboxylic acid groups (broad SMARTS) is 1. The zero-order valence-corrected chi connectivity index (χ0v) is 14.2. The van der Waals surface area contributed by atoms with Gasteiger partial charge in [0.2, 0.25) is 5.91 Å². The van der Waals surface area contributed by atoms with Crippen LogP contribution in [0.3, 0.4) is 0 Å². The molecule has 123 valence electrons. The van der Waals surface area contributed by atoms with Crippen molar-refractivity contribution in [3.8, 4) is 0 Å². The van der Waals surface area contributed by atoms with Crippen molar-refractivity contribution in [1.82, 2.24) is 5.32 Å². The third kappa shape index (κ3) is 4.85. The molecule has 1 rings (SSSR count). The molecule has 0 saturated carbocycles. The molecule has 10 nitrogen and oxygen atoms in total. The van der Waals surface area contributed by atoms with Gasteiger partial charge in [0.1, 0.15) is 18.3 Å². The maximum absolute atomic E-state index is 11.1. The van der Waals surface area contributed by atoms with Crippen molar-refractivity contribution in [1.29, 1.82) is 0 Å². The Morgan fingerprint density at radius 2 is 1.95 bits per heavy atom. The van der Waals surface area contributed by atoms with E-state index in [9.17, 15) is 30.0 Å². The molecule has 1 unspecified atom stereocenters. The van der Waals surface area contributed by atoms with E-state index in [0.29, 0.717) is 0 Å². The van der Waals surface area contributed by atoms with Gasteiger partial charge in [-0.2, -0.15) is 0 Å². The van der Waals surface area contributed by atoms with E-state index in [0.717, 1.165) is 6.92 Å². The first-order valence-corrected chi connectivity index (χ1v) is 6.18. The standard InChI is InChI=1S/C11H19NO9.Na/c1-4(14)12-7-5(15)2-11(20,10(18)19)21-9(7)8(17)6(16)3-13;/h5-9,13,15-17,20H,2-3H2,1H3,(H,12,14)(H,18,19);/t5-,6+,7+,8+,9+,11?;/m0./s1. The van der Waals surface area contributed by atoms with E-state index in [4.69, 9.17) is 14.9 Å². The fourth-order valence-corrected chi connectivity index (χ4v) is 2.14. The summed E-state index contributed by atoms with van der Waals surface area (Å²) < 4.78 is 4.86. The number of hydrogen-bond donors (Lipinski definition) is 7. The number of carboxylic acids is 1. The molecule has 11 heteroatoms. The number of carbonyl (C=O) groups is 2. The minimum atomic E-state index is -2.78. The Morgan fingerprint density at radius 3 is 2.36 bits per heavy atom. The first-order chi connectivity index (χ1) is 9.62. The molecule has 1 amide bonds. The van der Waals surface area contributed by atoms with E-state index in [1.807, 2.05) is 0 Å². The van der Waals surface area contributed by atoms with Crippen LogP contribution < -0.4 is 5.32 Å². The molecule has 22 heavy (non-hydrogen) atoms. The number of ether oxygens (including phenoxy) is 1. The average Bonchev–Trinajstić information content (AvgIpc) is 2.39. The molecule has 0 aromatic rings. The van der Waals surface area contributed by atoms with Crippen molar-refractivity contribution < 1.29 is 45.0 Å². The summed E-state index contributed by atoms with van der Waals surface area (Å²) in [7, 11) is 0. The largest absolute Gasteiger partial charge is 0.477 e. The van der Waals surface area contributed by atoms with Crippen LogP contribution in [-0.2, 0) is 14.3 Å². The van der Waals surface area contributed by atoms with Gasteiger partial charge >= 0.3 is 5.97 Å². The van der Waals surface area contributed by atoms with Crippen LogP contribution in [0.2, 0.25) is 0 Å². The monoisotopic (exact) mass is 332 g/mol. The Bertz CT molecular complexity index is 409. The van der Waals surface area contributed by atoms with Crippen LogP contribution in [0.1, 0.15) is 13.3 Å². The Kier molecular flexibility index (Phi) is 8.41. The maximum Gasteiger partial charge on any atom is 0.364 e. The molecular weight excluding hydrogens is 313 g/mol. The summed E-state index contributed by atoms with van der Waals surface area (Å²) in [6, 6.07) is -1.27. The van der Waals surface area contributed by atoms with Crippen LogP contribution in [0.4, 0.5) is 0 Å². The van der Waals surface area contributed by atoms with Gasteiger partial charge in [-0.05, 0) is 0 Å². The van der Waals surface area contributed by atoms with Gasteiger partial charge in [0, 0.05) is 42.9 Å². The summed E-state index contributed by atoms with van der Waals surface area (Å²) in [5, 5.41) is 59.0. The Labute approximate surface area is 148 Å². The molecule has 0 aliphatic carbocycles. The molecule has 0 spiro atoms. The summed E-state index contributed by atoms with van der Waals surface area (Å²) in [6.45, 7) is 0.256. The SMILES string of the molecule is CC(=O)N[C@H]1[C@H]([C@H](O)[C@H](O)CO)OC(O)(C(=O)O)C[C@@H]1O.[Na]. The summed E-state index contributed by atoms with van der Waals surface area (Å²) in [4.78, 5) is 22.1. The van der Waals surface area contributed by atoms with E-state index in [-0.39, 0.29) is 29.6 Å². The van der Waals surface area contributed by atoms with E-state index >= 15 is 0 Å². The van der Waals surface area contributed by atoms with Crippen LogP contribution >= 0.6 is 0 Å². The minimum Gasteiger partial charge on any atom is -0.477 e. The van der Waals surface area contributed by atoms with Crippen LogP contribution in [0, 0.1) is 0 Å². The van der Waals surface area contributed by atoms with Crippen molar-refractivity contribution in [2.45, 2.75) is 49.6 Å². The molecule has 0 bridgehead atoms. The van der Waals surface area contributed by atoms with E-state index in [1.54, 1.807) is 0 Å². The van der Waals surface area contributed by atoms with Crippen molar-refractivity contribution >= 4 is 41.4 Å². The van der Waals surface area contributed by atoms with Gasteiger partial charge < -0.3 is 40.7 Å². The van der Waals surface area contributed by atoms with Gasteiger partial charge in [-0.15, -0.1) is 0 Å². The Hall–Kier alpha value is -0.300. The molecule has 1 aliphatic heterocycles. The first-order valence-electron chi connectivity index (χ1n) is 6.18. The normalized spacial score (nSPS) is 34.2. The zero-order valence-electron chi connectivity index (χ0n) is 12.2. The summed E-state index contributed by atoms with van der Waals surface area (Å²) in [6.07, 6.45) is -7.48. The van der Waals surface area contributed by atoms with Gasteiger partial charge in [-0.25, -0.2) is 4.79 Å². The second-order valence-electron chi connectivity index (χ2n) is 4.91. The van der Waals surface area contributed by atoms with E-state index in [2.05, 4.69) is 5.32 Å². The number of rotatable bonds is 5. The van der Waals surface area contributed by atoms with Crippen molar-refractivity contribution in [3.63, 3.8) is 0 Å². The number of nitrogens with one attached hydrogen (secondary N) is 1. The Balaban J connectivity index is 0.00000441. The number of carbonyl (C=O) groups excluding carboxylic acids is 1. The molecule has 0 aromatic heterocycles. The molecule has 1 fully saturated rings. The van der Waals surface area contributed by atoms with Crippen LogP contribution in [0.25, 0.3) is 0 Å². The first kappa shape index (κ1) is 21.7. The maximum atomic E-state index is 11.1. The quantitative estimate of drug-likeness (QED) is 0.246. The van der Waals surface area contributed by atoms with Gasteiger partial charge in [-0.1, -0.05) is 0 Å². The molecular formula is C11H19NNaO9. The summed E-state index contributed by atoms with van der Waals surface area (Å²) in [5.74, 6) is -5.17. The topological polar surface area (TPSA) is 177 Å². The third-order valence-electron chi connectivity index (χ3n) is 3.21.